The van der Waals surface area contributed by atoms with Crippen LogP contribution in [0.1, 0.15) is 41.4 Å². The van der Waals surface area contributed by atoms with Gasteiger partial charge in [0.1, 0.15) is 0 Å². The number of hydrogen-bond donors (Lipinski definition) is 1. The highest BCUT2D eigenvalue weighted by Gasteiger charge is 2.29. The van der Waals surface area contributed by atoms with E-state index in [1.165, 1.54) is 11.1 Å². The quantitative estimate of drug-likeness (QED) is 0.768. The minimum Gasteiger partial charge on any atom is -0.394 e. The average molecular weight is 351 g/mol. The second-order valence-electron chi connectivity index (χ2n) is 6.97. The van der Waals surface area contributed by atoms with Gasteiger partial charge in [0, 0.05) is 23.8 Å². The van der Waals surface area contributed by atoms with Crippen LogP contribution < -0.4 is 0 Å². The fourth-order valence-electron chi connectivity index (χ4n) is 3.90. The molecular formula is C22H29N3O. The predicted octanol–water partition coefficient (Wildman–Crippen LogP) is 3.94. The van der Waals surface area contributed by atoms with E-state index >= 15 is 0 Å². The summed E-state index contributed by atoms with van der Waals surface area (Å²) in [6.07, 6.45) is 8.65. The van der Waals surface area contributed by atoms with Gasteiger partial charge in [0.2, 0.25) is 0 Å². The summed E-state index contributed by atoms with van der Waals surface area (Å²) in [7, 11) is 0. The molecule has 26 heavy (non-hydrogen) atoms. The van der Waals surface area contributed by atoms with Crippen LogP contribution in [0.3, 0.4) is 0 Å². The molecule has 2 heterocycles. The Morgan fingerprint density at radius 1 is 1.27 bits per heavy atom. The van der Waals surface area contributed by atoms with Gasteiger partial charge in [-0.15, -0.1) is 6.58 Å². The zero-order valence-corrected chi connectivity index (χ0v) is 15.8. The molecule has 0 saturated carbocycles. The van der Waals surface area contributed by atoms with Crippen molar-refractivity contribution in [3.63, 3.8) is 0 Å². The number of hydrogen-bond acceptors (Lipinski definition) is 3. The monoisotopic (exact) mass is 351 g/mol. The van der Waals surface area contributed by atoms with Crippen molar-refractivity contribution in [2.75, 3.05) is 6.61 Å². The molecule has 1 aliphatic rings. The molecule has 3 rings (SSSR count). The standard InChI is InChI=1S/C22H29N3O/c1-4-9-20-12-8-13-22(19-10-6-5-7-11-19)24(20)16-21-17(2)23-25(14-15-26)18(21)3/h4-8,10-11,13,20,22,26H,1,9,12,14-16H2,2-3H3/t20-,22+/m1/s1. The molecule has 1 aromatic heterocycles. The van der Waals surface area contributed by atoms with Crippen LogP contribution in [0, 0.1) is 13.8 Å². The maximum Gasteiger partial charge on any atom is 0.0644 e. The Morgan fingerprint density at radius 3 is 2.73 bits per heavy atom. The van der Waals surface area contributed by atoms with Gasteiger partial charge in [-0.2, -0.15) is 5.10 Å². The summed E-state index contributed by atoms with van der Waals surface area (Å²) in [5, 5.41) is 13.9. The highest BCUT2D eigenvalue weighted by Crippen LogP contribution is 2.33. The Bertz CT molecular complexity index is 763. The van der Waals surface area contributed by atoms with E-state index < -0.39 is 0 Å². The van der Waals surface area contributed by atoms with Crippen LogP contribution in [0.4, 0.5) is 0 Å². The first-order valence-corrected chi connectivity index (χ1v) is 9.37. The Balaban J connectivity index is 1.95. The van der Waals surface area contributed by atoms with Gasteiger partial charge in [-0.25, -0.2) is 0 Å². The van der Waals surface area contributed by atoms with Crippen LogP contribution in [-0.4, -0.2) is 32.4 Å². The van der Waals surface area contributed by atoms with E-state index in [0.717, 1.165) is 30.8 Å². The summed E-state index contributed by atoms with van der Waals surface area (Å²) in [4.78, 5) is 2.57. The molecule has 0 saturated heterocycles. The van der Waals surface area contributed by atoms with Crippen molar-refractivity contribution < 1.29 is 5.11 Å². The fourth-order valence-corrected chi connectivity index (χ4v) is 3.90. The third-order valence-corrected chi connectivity index (χ3v) is 5.32. The van der Waals surface area contributed by atoms with E-state index in [1.807, 2.05) is 10.8 Å². The topological polar surface area (TPSA) is 41.3 Å². The van der Waals surface area contributed by atoms with Gasteiger partial charge < -0.3 is 5.11 Å². The van der Waals surface area contributed by atoms with Crippen LogP contribution in [-0.2, 0) is 13.1 Å². The SMILES string of the molecule is C=CC[C@@H]1CC=C[C@@H](c2ccccc2)N1Cc1c(C)nn(CCO)c1C. The van der Waals surface area contributed by atoms with Gasteiger partial charge >= 0.3 is 0 Å². The third kappa shape index (κ3) is 3.81. The smallest absolute Gasteiger partial charge is 0.0644 e. The van der Waals surface area contributed by atoms with Crippen molar-refractivity contribution in [2.24, 2.45) is 0 Å². The van der Waals surface area contributed by atoms with Gasteiger partial charge in [-0.3, -0.25) is 9.58 Å². The van der Waals surface area contributed by atoms with E-state index in [0.29, 0.717) is 12.6 Å². The molecule has 4 nitrogen and oxygen atoms in total. The molecule has 0 bridgehead atoms. The highest BCUT2D eigenvalue weighted by molar-refractivity contribution is 5.29. The number of aliphatic hydroxyl groups excluding tert-OH is 1. The maximum absolute atomic E-state index is 9.28. The molecule has 4 heteroatoms. The lowest BCUT2D eigenvalue weighted by molar-refractivity contribution is 0.141. The van der Waals surface area contributed by atoms with Crippen LogP contribution in [0.15, 0.2) is 55.1 Å². The minimum atomic E-state index is 0.111. The third-order valence-electron chi connectivity index (χ3n) is 5.32. The average Bonchev–Trinajstić information content (AvgIpc) is 2.92. The number of aromatic nitrogens is 2. The van der Waals surface area contributed by atoms with E-state index in [1.54, 1.807) is 0 Å². The van der Waals surface area contributed by atoms with E-state index in [2.05, 4.69) is 72.9 Å². The van der Waals surface area contributed by atoms with E-state index in [4.69, 9.17) is 0 Å². The first kappa shape index (κ1) is 18.6. The highest BCUT2D eigenvalue weighted by atomic mass is 16.3. The maximum atomic E-state index is 9.28. The second-order valence-corrected chi connectivity index (χ2v) is 6.97. The molecule has 138 valence electrons. The molecule has 0 fully saturated rings. The van der Waals surface area contributed by atoms with Crippen LogP contribution in [0.25, 0.3) is 0 Å². The predicted molar refractivity (Wildman–Crippen MR) is 106 cm³/mol. The van der Waals surface area contributed by atoms with Gasteiger partial charge in [-0.05, 0) is 32.3 Å². The molecule has 0 radical (unpaired) electrons. The molecule has 2 atom stereocenters. The lowest BCUT2D eigenvalue weighted by Crippen LogP contribution is -2.39. The lowest BCUT2D eigenvalue weighted by Gasteiger charge is -2.39. The van der Waals surface area contributed by atoms with Gasteiger partial charge in [0.25, 0.3) is 0 Å². The normalized spacial score (nSPS) is 20.4. The van der Waals surface area contributed by atoms with Crippen molar-refractivity contribution in [1.82, 2.24) is 14.7 Å². The molecule has 1 aliphatic heterocycles. The largest absolute Gasteiger partial charge is 0.394 e. The zero-order chi connectivity index (χ0) is 18.5. The molecule has 0 unspecified atom stereocenters. The first-order chi connectivity index (χ1) is 12.7. The number of rotatable bonds is 7. The Hall–Kier alpha value is -2.17. The van der Waals surface area contributed by atoms with E-state index in [-0.39, 0.29) is 12.6 Å². The summed E-state index contributed by atoms with van der Waals surface area (Å²) >= 11 is 0. The number of benzene rings is 1. The Kier molecular flexibility index (Phi) is 6.07. The van der Waals surface area contributed by atoms with Gasteiger partial charge in [-0.1, -0.05) is 48.6 Å². The summed E-state index contributed by atoms with van der Waals surface area (Å²) in [5.74, 6) is 0. The number of aryl methyl sites for hydroxylation is 1. The van der Waals surface area contributed by atoms with Gasteiger partial charge in [0.05, 0.1) is 24.9 Å². The second kappa shape index (κ2) is 8.47. The van der Waals surface area contributed by atoms with Crippen molar-refractivity contribution >= 4 is 0 Å². The fraction of sp³-hybridized carbons (Fsp3) is 0.409. The molecule has 1 aromatic carbocycles. The van der Waals surface area contributed by atoms with Crippen LogP contribution in [0.2, 0.25) is 0 Å². The molecule has 1 N–H and O–H groups in total. The van der Waals surface area contributed by atoms with Crippen molar-refractivity contribution in [3.05, 3.63) is 77.7 Å². The van der Waals surface area contributed by atoms with Crippen molar-refractivity contribution in [2.45, 2.75) is 51.9 Å². The molecule has 0 aliphatic carbocycles. The zero-order valence-electron chi connectivity index (χ0n) is 15.8. The lowest BCUT2D eigenvalue weighted by atomic mass is 9.94. The minimum absolute atomic E-state index is 0.111. The van der Waals surface area contributed by atoms with Gasteiger partial charge in [0.15, 0.2) is 0 Å². The molecular weight excluding hydrogens is 322 g/mol. The summed E-state index contributed by atoms with van der Waals surface area (Å²) < 4.78 is 1.92. The van der Waals surface area contributed by atoms with Crippen LogP contribution >= 0.6 is 0 Å². The summed E-state index contributed by atoms with van der Waals surface area (Å²) in [5.41, 5.74) is 4.78. The van der Waals surface area contributed by atoms with Crippen molar-refractivity contribution in [1.29, 1.82) is 0 Å². The molecule has 0 spiro atoms. The Labute approximate surface area is 156 Å². The summed E-state index contributed by atoms with van der Waals surface area (Å²) in [6.45, 7) is 9.64. The van der Waals surface area contributed by atoms with Crippen molar-refractivity contribution in [3.8, 4) is 0 Å². The number of aliphatic hydroxyl groups is 1. The van der Waals surface area contributed by atoms with Crippen LogP contribution in [0.5, 0.6) is 0 Å². The molecule has 0 amide bonds. The first-order valence-electron chi connectivity index (χ1n) is 9.37. The van der Waals surface area contributed by atoms with E-state index in [9.17, 15) is 5.11 Å². The Morgan fingerprint density at radius 2 is 2.04 bits per heavy atom. The molecule has 2 aromatic rings. The summed E-state index contributed by atoms with van der Waals surface area (Å²) in [6, 6.07) is 11.4. The number of nitrogens with zero attached hydrogens (tertiary/aromatic N) is 3.